The molecule has 8 heteroatoms. The van der Waals surface area contributed by atoms with Crippen molar-refractivity contribution in [3.8, 4) is 11.9 Å². The van der Waals surface area contributed by atoms with Gasteiger partial charge < -0.3 is 19.9 Å². The Labute approximate surface area is 179 Å². The van der Waals surface area contributed by atoms with Crippen molar-refractivity contribution in [2.45, 2.75) is 38.6 Å². The number of hydrogen-bond acceptors (Lipinski definition) is 5. The monoisotopic (exact) mass is 416 g/mol. The third kappa shape index (κ3) is 3.13. The van der Waals surface area contributed by atoms with Crippen molar-refractivity contribution < 1.29 is 9.53 Å². The third-order valence-corrected chi connectivity index (χ3v) is 6.27. The first-order chi connectivity index (χ1) is 15.1. The molecular weight excluding hydrogens is 392 g/mol. The summed E-state index contributed by atoms with van der Waals surface area (Å²) in [6.45, 7) is 3.81. The van der Waals surface area contributed by atoms with Gasteiger partial charge in [0, 0.05) is 41.4 Å². The molecule has 1 unspecified atom stereocenters. The number of aryl methyl sites for hydroxylation is 1. The summed E-state index contributed by atoms with van der Waals surface area (Å²) < 4.78 is 7.58. The first kappa shape index (κ1) is 19.2. The number of aromatic nitrogens is 3. The maximum atomic E-state index is 13.0. The van der Waals surface area contributed by atoms with E-state index in [4.69, 9.17) is 10.5 Å². The Balaban J connectivity index is 1.62. The number of aromatic amines is 1. The zero-order valence-corrected chi connectivity index (χ0v) is 17.4. The minimum Gasteiger partial charge on any atom is -0.420 e. The van der Waals surface area contributed by atoms with Gasteiger partial charge >= 0.3 is 0 Å². The normalized spacial score (nSPS) is 18.6. The molecule has 2 aliphatic rings. The topological polar surface area (TPSA) is 113 Å². The number of allylic oxidation sites excluding steroid dienone is 1. The van der Waals surface area contributed by atoms with Crippen LogP contribution < -0.4 is 10.5 Å². The van der Waals surface area contributed by atoms with Crippen LogP contribution in [-0.2, 0) is 11.3 Å². The fourth-order valence-corrected chi connectivity index (χ4v) is 4.73. The molecule has 3 N–H and O–H groups in total. The van der Waals surface area contributed by atoms with Crippen LogP contribution in [0.3, 0.4) is 0 Å². The molecule has 1 fully saturated rings. The Morgan fingerprint density at radius 1 is 1.32 bits per heavy atom. The number of likely N-dealkylation sites (tertiary alicyclic amines) is 1. The van der Waals surface area contributed by atoms with Gasteiger partial charge in [0.05, 0.1) is 5.92 Å². The van der Waals surface area contributed by atoms with E-state index in [0.29, 0.717) is 11.5 Å². The Morgan fingerprint density at radius 2 is 2.10 bits per heavy atom. The number of hydrogen-bond donors (Lipinski definition) is 2. The van der Waals surface area contributed by atoms with Crippen molar-refractivity contribution in [3.05, 3.63) is 58.7 Å². The molecule has 0 spiro atoms. The molecule has 5 rings (SSSR count). The highest BCUT2D eigenvalue weighted by Gasteiger charge is 2.36. The molecule has 2 aliphatic heterocycles. The lowest BCUT2D eigenvalue weighted by Gasteiger charge is -2.27. The van der Waals surface area contributed by atoms with Crippen molar-refractivity contribution in [3.63, 3.8) is 0 Å². The average Bonchev–Trinajstić information content (AvgIpc) is 3.34. The van der Waals surface area contributed by atoms with E-state index in [2.05, 4.69) is 16.3 Å². The third-order valence-electron chi connectivity index (χ3n) is 6.27. The lowest BCUT2D eigenvalue weighted by molar-refractivity contribution is -0.132. The SMILES string of the molecule is Cc1[nH]nc2c1C(c1cn(CC(=O)N3CCCCC3)c3ccccc13)C(C#N)=C(N)O2. The predicted molar refractivity (Wildman–Crippen MR) is 115 cm³/mol. The van der Waals surface area contributed by atoms with Gasteiger partial charge in [-0.25, -0.2) is 0 Å². The number of nitrogens with one attached hydrogen (secondary N) is 1. The maximum Gasteiger partial charge on any atom is 0.244 e. The number of fused-ring (bicyclic) bond motifs is 2. The van der Waals surface area contributed by atoms with Crippen LogP contribution in [0, 0.1) is 18.3 Å². The number of nitriles is 1. The molecule has 0 radical (unpaired) electrons. The first-order valence-corrected chi connectivity index (χ1v) is 10.6. The van der Waals surface area contributed by atoms with Gasteiger partial charge in [0.2, 0.25) is 17.7 Å². The molecule has 3 aromatic rings. The summed E-state index contributed by atoms with van der Waals surface area (Å²) in [5.74, 6) is 0.159. The molecule has 1 amide bonds. The van der Waals surface area contributed by atoms with Crippen molar-refractivity contribution in [2.75, 3.05) is 13.1 Å². The van der Waals surface area contributed by atoms with E-state index in [1.807, 2.05) is 46.9 Å². The van der Waals surface area contributed by atoms with E-state index in [-0.39, 0.29) is 18.3 Å². The maximum absolute atomic E-state index is 13.0. The highest BCUT2D eigenvalue weighted by atomic mass is 16.5. The standard InChI is InChI=1S/C23H24N6O2/c1-14-20-21(16(11-24)22(25)31-23(20)27-26-14)17-12-29(18-8-4-3-7-15(17)18)13-19(30)28-9-5-2-6-10-28/h3-4,7-8,12,21H,2,5-6,9-10,13,25H2,1H3,(H,26,27). The van der Waals surface area contributed by atoms with Crippen molar-refractivity contribution in [1.82, 2.24) is 19.7 Å². The highest BCUT2D eigenvalue weighted by molar-refractivity contribution is 5.88. The van der Waals surface area contributed by atoms with Gasteiger partial charge in [-0.05, 0) is 37.8 Å². The van der Waals surface area contributed by atoms with Gasteiger partial charge in [-0.15, -0.1) is 5.10 Å². The van der Waals surface area contributed by atoms with Crippen LogP contribution >= 0.6 is 0 Å². The minimum absolute atomic E-state index is 0.0627. The van der Waals surface area contributed by atoms with E-state index < -0.39 is 5.92 Å². The quantitative estimate of drug-likeness (QED) is 0.682. The van der Waals surface area contributed by atoms with Gasteiger partial charge in [0.25, 0.3) is 0 Å². The second kappa shape index (κ2) is 7.51. The zero-order chi connectivity index (χ0) is 21.5. The number of benzene rings is 1. The smallest absolute Gasteiger partial charge is 0.244 e. The molecule has 158 valence electrons. The highest BCUT2D eigenvalue weighted by Crippen LogP contribution is 2.45. The molecule has 0 bridgehead atoms. The largest absolute Gasteiger partial charge is 0.420 e. The number of H-pyrrole nitrogens is 1. The van der Waals surface area contributed by atoms with Crippen LogP contribution in [0.4, 0.5) is 0 Å². The van der Waals surface area contributed by atoms with Crippen LogP contribution in [0.25, 0.3) is 10.9 Å². The van der Waals surface area contributed by atoms with Gasteiger partial charge in [0.15, 0.2) is 0 Å². The Bertz CT molecular complexity index is 1240. The minimum atomic E-state index is -0.413. The molecule has 8 nitrogen and oxygen atoms in total. The van der Waals surface area contributed by atoms with Gasteiger partial charge in [-0.3, -0.25) is 9.89 Å². The molecule has 1 saturated heterocycles. The molecule has 2 aromatic heterocycles. The summed E-state index contributed by atoms with van der Waals surface area (Å²) >= 11 is 0. The summed E-state index contributed by atoms with van der Waals surface area (Å²) in [5.41, 5.74) is 9.92. The van der Waals surface area contributed by atoms with Crippen LogP contribution in [-0.4, -0.2) is 38.7 Å². The second-order valence-corrected chi connectivity index (χ2v) is 8.16. The lowest BCUT2D eigenvalue weighted by atomic mass is 9.84. The summed E-state index contributed by atoms with van der Waals surface area (Å²) in [7, 11) is 0. The fourth-order valence-electron chi connectivity index (χ4n) is 4.73. The molecule has 0 saturated carbocycles. The molecule has 1 aromatic carbocycles. The predicted octanol–water partition coefficient (Wildman–Crippen LogP) is 2.90. The van der Waals surface area contributed by atoms with E-state index in [9.17, 15) is 10.1 Å². The van der Waals surface area contributed by atoms with Gasteiger partial charge in [-0.2, -0.15) is 5.26 Å². The van der Waals surface area contributed by atoms with E-state index in [0.717, 1.165) is 53.7 Å². The summed E-state index contributed by atoms with van der Waals surface area (Å²) in [4.78, 5) is 14.9. The number of amides is 1. The molecule has 0 aliphatic carbocycles. The number of para-hydroxylation sites is 1. The van der Waals surface area contributed by atoms with Crippen LogP contribution in [0.2, 0.25) is 0 Å². The number of ether oxygens (including phenoxy) is 1. The van der Waals surface area contributed by atoms with Crippen molar-refractivity contribution in [1.29, 1.82) is 5.26 Å². The van der Waals surface area contributed by atoms with E-state index >= 15 is 0 Å². The Hall–Kier alpha value is -3.73. The molecule has 1 atom stereocenters. The number of nitrogens with zero attached hydrogens (tertiary/aromatic N) is 4. The van der Waals surface area contributed by atoms with E-state index in [1.54, 1.807) is 0 Å². The lowest BCUT2D eigenvalue weighted by Crippen LogP contribution is -2.37. The zero-order valence-electron chi connectivity index (χ0n) is 17.4. The number of carbonyl (C=O) groups is 1. The van der Waals surface area contributed by atoms with Gasteiger partial charge in [-0.1, -0.05) is 18.2 Å². The first-order valence-electron chi connectivity index (χ1n) is 10.6. The number of carbonyl (C=O) groups excluding carboxylic acids is 1. The number of rotatable bonds is 3. The molecule has 31 heavy (non-hydrogen) atoms. The van der Waals surface area contributed by atoms with Crippen LogP contribution in [0.5, 0.6) is 5.88 Å². The number of piperidine rings is 1. The van der Waals surface area contributed by atoms with Crippen molar-refractivity contribution >= 4 is 16.8 Å². The summed E-state index contributed by atoms with van der Waals surface area (Å²) in [5, 5.41) is 18.0. The second-order valence-electron chi connectivity index (χ2n) is 8.16. The van der Waals surface area contributed by atoms with Crippen LogP contribution in [0.1, 0.15) is 42.0 Å². The molecule has 4 heterocycles. The average molecular weight is 416 g/mol. The van der Waals surface area contributed by atoms with Crippen molar-refractivity contribution in [2.24, 2.45) is 5.73 Å². The van der Waals surface area contributed by atoms with Crippen LogP contribution in [0.15, 0.2) is 41.9 Å². The van der Waals surface area contributed by atoms with Gasteiger partial charge in [0.1, 0.15) is 18.2 Å². The fraction of sp³-hybridized carbons (Fsp3) is 0.348. The summed E-state index contributed by atoms with van der Waals surface area (Å²) in [6.07, 6.45) is 5.28. The Kier molecular flexibility index (Phi) is 4.66. The summed E-state index contributed by atoms with van der Waals surface area (Å²) in [6, 6.07) is 10.2. The Morgan fingerprint density at radius 3 is 2.87 bits per heavy atom. The number of nitrogens with two attached hydrogens (primary N) is 1. The van der Waals surface area contributed by atoms with E-state index in [1.165, 1.54) is 6.42 Å². The molecular formula is C23H24N6O2.